The van der Waals surface area contributed by atoms with E-state index in [0.29, 0.717) is 5.56 Å². The number of phenols is 1. The monoisotopic (exact) mass is 232 g/mol. The van der Waals surface area contributed by atoms with Gasteiger partial charge in [-0.2, -0.15) is 13.2 Å². The lowest BCUT2D eigenvalue weighted by atomic mass is 9.98. The van der Waals surface area contributed by atoms with Gasteiger partial charge in [-0.05, 0) is 24.1 Å². The van der Waals surface area contributed by atoms with Crippen molar-refractivity contribution >= 4 is 0 Å². The van der Waals surface area contributed by atoms with Gasteiger partial charge in [0.25, 0.3) is 0 Å². The number of aryl methyl sites for hydroxylation is 1. The Hall–Kier alpha value is -1.23. The molecule has 0 saturated heterocycles. The van der Waals surface area contributed by atoms with Crippen LogP contribution in [-0.4, -0.2) is 11.3 Å². The number of halogens is 3. The average Bonchev–Trinajstić information content (AvgIpc) is 2.54. The van der Waals surface area contributed by atoms with Crippen LogP contribution in [0.3, 0.4) is 0 Å². The molecule has 0 aliphatic carbocycles. The molecule has 1 atom stereocenters. The Bertz CT molecular complexity index is 412. The lowest BCUT2D eigenvalue weighted by molar-refractivity contribution is -0.160. The summed E-state index contributed by atoms with van der Waals surface area (Å²) < 4.78 is 41.9. The smallest absolute Gasteiger partial charge is 0.391 e. The molecule has 0 fully saturated rings. The van der Waals surface area contributed by atoms with Crippen LogP contribution < -0.4 is 0 Å². The van der Waals surface area contributed by atoms with Gasteiger partial charge >= 0.3 is 6.18 Å². The molecule has 1 unspecified atom stereocenters. The number of rotatable bonds is 1. The van der Waals surface area contributed by atoms with Crippen molar-refractivity contribution in [3.05, 3.63) is 28.8 Å². The maximum Gasteiger partial charge on any atom is 0.391 e. The van der Waals surface area contributed by atoms with Crippen molar-refractivity contribution in [1.82, 2.24) is 0 Å². The molecule has 88 valence electrons. The summed E-state index contributed by atoms with van der Waals surface area (Å²) in [6.07, 6.45) is -6.42. The van der Waals surface area contributed by atoms with Crippen molar-refractivity contribution in [2.75, 3.05) is 0 Å². The van der Waals surface area contributed by atoms with E-state index in [4.69, 9.17) is 4.74 Å². The maximum atomic E-state index is 12.3. The van der Waals surface area contributed by atoms with E-state index in [9.17, 15) is 18.3 Å². The zero-order valence-corrected chi connectivity index (χ0v) is 8.64. The predicted octanol–water partition coefficient (Wildman–Crippen LogP) is 3.22. The molecule has 2 rings (SSSR count). The molecule has 16 heavy (non-hydrogen) atoms. The SMILES string of the molecule is Cc1ccc(O)c2c1COC2CC(F)(F)F. The number of fused-ring (bicyclic) bond motifs is 1. The van der Waals surface area contributed by atoms with Crippen LogP contribution in [-0.2, 0) is 11.3 Å². The number of benzene rings is 1. The standard InChI is InChI=1S/C11H11F3O2/c1-6-2-3-8(15)10-7(6)5-16-9(10)4-11(12,13)14/h2-3,9,15H,4-5H2,1H3. The van der Waals surface area contributed by atoms with Crippen molar-refractivity contribution in [2.45, 2.75) is 32.2 Å². The molecule has 0 bridgehead atoms. The summed E-state index contributed by atoms with van der Waals surface area (Å²) in [7, 11) is 0. The van der Waals surface area contributed by atoms with E-state index >= 15 is 0 Å². The molecule has 1 aromatic carbocycles. The molecule has 1 aliphatic rings. The first-order chi connectivity index (χ1) is 7.38. The summed E-state index contributed by atoms with van der Waals surface area (Å²) in [5.74, 6) is -0.118. The summed E-state index contributed by atoms with van der Waals surface area (Å²) in [5, 5.41) is 9.58. The van der Waals surface area contributed by atoms with Crippen LogP contribution >= 0.6 is 0 Å². The van der Waals surface area contributed by atoms with Gasteiger partial charge in [-0.1, -0.05) is 6.07 Å². The Labute approximate surface area is 90.7 Å². The van der Waals surface area contributed by atoms with E-state index in [1.54, 1.807) is 13.0 Å². The molecule has 0 aromatic heterocycles. The van der Waals surface area contributed by atoms with E-state index in [2.05, 4.69) is 0 Å². The van der Waals surface area contributed by atoms with Crippen molar-refractivity contribution < 1.29 is 23.0 Å². The fraction of sp³-hybridized carbons (Fsp3) is 0.455. The van der Waals surface area contributed by atoms with Crippen molar-refractivity contribution in [3.63, 3.8) is 0 Å². The minimum atomic E-state index is -4.29. The Morgan fingerprint density at radius 3 is 2.75 bits per heavy atom. The summed E-state index contributed by atoms with van der Waals surface area (Å²) in [4.78, 5) is 0. The van der Waals surface area contributed by atoms with Gasteiger partial charge in [0.15, 0.2) is 0 Å². The molecule has 1 aliphatic heterocycles. The Balaban J connectivity index is 2.36. The summed E-state index contributed by atoms with van der Waals surface area (Å²) >= 11 is 0. The van der Waals surface area contributed by atoms with Crippen LogP contribution in [0, 0.1) is 6.92 Å². The van der Waals surface area contributed by atoms with Gasteiger partial charge in [0.05, 0.1) is 19.1 Å². The van der Waals surface area contributed by atoms with Crippen molar-refractivity contribution in [2.24, 2.45) is 0 Å². The highest BCUT2D eigenvalue weighted by Gasteiger charge is 2.38. The normalized spacial score (nSPS) is 19.9. The number of hydrogen-bond acceptors (Lipinski definition) is 2. The maximum absolute atomic E-state index is 12.3. The van der Waals surface area contributed by atoms with Gasteiger partial charge in [0, 0.05) is 5.56 Å². The quantitative estimate of drug-likeness (QED) is 0.805. The second kappa shape index (κ2) is 3.66. The largest absolute Gasteiger partial charge is 0.508 e. The second-order valence-electron chi connectivity index (χ2n) is 3.91. The highest BCUT2D eigenvalue weighted by atomic mass is 19.4. The van der Waals surface area contributed by atoms with Gasteiger partial charge in [0.1, 0.15) is 5.75 Å². The number of alkyl halides is 3. The first-order valence-electron chi connectivity index (χ1n) is 4.88. The van der Waals surface area contributed by atoms with Crippen LogP contribution in [0.5, 0.6) is 5.75 Å². The Kier molecular flexibility index (Phi) is 2.58. The second-order valence-corrected chi connectivity index (χ2v) is 3.91. The summed E-state index contributed by atoms with van der Waals surface area (Å²) in [6, 6.07) is 3.08. The third kappa shape index (κ3) is 2.00. The zero-order chi connectivity index (χ0) is 11.9. The van der Waals surface area contributed by atoms with Crippen LogP contribution in [0.4, 0.5) is 13.2 Å². The molecule has 1 aromatic rings. The van der Waals surface area contributed by atoms with E-state index < -0.39 is 18.7 Å². The first kappa shape index (κ1) is 11.3. The lowest BCUT2D eigenvalue weighted by Crippen LogP contribution is -2.13. The van der Waals surface area contributed by atoms with Gasteiger partial charge in [-0.3, -0.25) is 0 Å². The number of phenolic OH excluding ortho intramolecular Hbond substituents is 1. The van der Waals surface area contributed by atoms with Crippen molar-refractivity contribution in [3.8, 4) is 5.75 Å². The predicted molar refractivity (Wildman–Crippen MR) is 51.0 cm³/mol. The third-order valence-electron chi connectivity index (χ3n) is 2.74. The molecule has 1 N–H and O–H groups in total. The Morgan fingerprint density at radius 1 is 1.44 bits per heavy atom. The number of hydrogen-bond donors (Lipinski definition) is 1. The number of aromatic hydroxyl groups is 1. The van der Waals surface area contributed by atoms with E-state index in [1.807, 2.05) is 0 Å². The van der Waals surface area contributed by atoms with Crippen LogP contribution in [0.15, 0.2) is 12.1 Å². The van der Waals surface area contributed by atoms with E-state index in [0.717, 1.165) is 5.56 Å². The van der Waals surface area contributed by atoms with Gasteiger partial charge in [0.2, 0.25) is 0 Å². The third-order valence-corrected chi connectivity index (χ3v) is 2.74. The molecule has 0 amide bonds. The topological polar surface area (TPSA) is 29.5 Å². The van der Waals surface area contributed by atoms with Gasteiger partial charge < -0.3 is 9.84 Å². The molecular formula is C11H11F3O2. The molecule has 0 radical (unpaired) electrons. The van der Waals surface area contributed by atoms with Gasteiger partial charge in [-0.25, -0.2) is 0 Å². The molecule has 0 saturated carbocycles. The van der Waals surface area contributed by atoms with E-state index in [1.165, 1.54) is 6.07 Å². The van der Waals surface area contributed by atoms with Crippen LogP contribution in [0.1, 0.15) is 29.2 Å². The summed E-state index contributed by atoms with van der Waals surface area (Å²) in [6.45, 7) is 1.92. The highest BCUT2D eigenvalue weighted by molar-refractivity contribution is 5.47. The molecule has 2 nitrogen and oxygen atoms in total. The average molecular weight is 232 g/mol. The van der Waals surface area contributed by atoms with Gasteiger partial charge in [-0.15, -0.1) is 0 Å². The highest BCUT2D eigenvalue weighted by Crippen LogP contribution is 2.43. The fourth-order valence-electron chi connectivity index (χ4n) is 1.95. The van der Waals surface area contributed by atoms with E-state index in [-0.39, 0.29) is 17.9 Å². The minimum Gasteiger partial charge on any atom is -0.508 e. The lowest BCUT2D eigenvalue weighted by Gasteiger charge is -2.14. The molecule has 5 heteroatoms. The Morgan fingerprint density at radius 2 is 2.12 bits per heavy atom. The molecular weight excluding hydrogens is 221 g/mol. The fourth-order valence-corrected chi connectivity index (χ4v) is 1.95. The molecule has 0 spiro atoms. The summed E-state index contributed by atoms with van der Waals surface area (Å²) in [5.41, 5.74) is 1.81. The first-order valence-corrected chi connectivity index (χ1v) is 4.88. The van der Waals surface area contributed by atoms with Crippen LogP contribution in [0.2, 0.25) is 0 Å². The van der Waals surface area contributed by atoms with Crippen LogP contribution in [0.25, 0.3) is 0 Å². The zero-order valence-electron chi connectivity index (χ0n) is 8.64. The number of ether oxygens (including phenoxy) is 1. The minimum absolute atomic E-state index is 0.118. The molecule has 1 heterocycles. The van der Waals surface area contributed by atoms with Crippen molar-refractivity contribution in [1.29, 1.82) is 0 Å².